The maximum absolute atomic E-state index is 12.1. The van der Waals surface area contributed by atoms with Gasteiger partial charge in [-0.2, -0.15) is 0 Å². The first kappa shape index (κ1) is 21.1. The second-order valence-electron chi connectivity index (χ2n) is 11.6. The lowest BCUT2D eigenvalue weighted by molar-refractivity contribution is -0.120. The molecular weight excluding hydrogens is 352 g/mol. The normalized spacial score (nSPS) is 39.3. The zero-order valence-electron chi connectivity index (χ0n) is 19.7. The molecule has 4 aliphatic carbocycles. The van der Waals surface area contributed by atoms with Crippen LogP contribution in [0.25, 0.3) is 0 Å². The zero-order chi connectivity index (χ0) is 21.0. The van der Waals surface area contributed by atoms with Gasteiger partial charge in [-0.1, -0.05) is 76.5 Å². The van der Waals surface area contributed by atoms with Gasteiger partial charge in [0.15, 0.2) is 0 Å². The number of fused-ring (bicyclic) bond motifs is 4. The number of carbonyl (C=O) groups excluding carboxylic acids is 1. The lowest BCUT2D eigenvalue weighted by atomic mass is 9.53. The Bertz CT molecular complexity index is 765. The number of rotatable bonds is 4. The third kappa shape index (κ3) is 3.41. The van der Waals surface area contributed by atoms with Crippen LogP contribution in [0.2, 0.25) is 0 Å². The van der Waals surface area contributed by atoms with Gasteiger partial charge in [0.1, 0.15) is 5.78 Å². The summed E-state index contributed by atoms with van der Waals surface area (Å²) in [6.07, 6.45) is 16.5. The minimum absolute atomic E-state index is 0.194. The molecule has 0 aliphatic heterocycles. The fourth-order valence-corrected chi connectivity index (χ4v) is 7.35. The maximum atomic E-state index is 12.1. The molecule has 0 bridgehead atoms. The van der Waals surface area contributed by atoms with Gasteiger partial charge in [-0.15, -0.1) is 0 Å². The summed E-state index contributed by atoms with van der Waals surface area (Å²) in [5.41, 5.74) is 5.63. The second-order valence-corrected chi connectivity index (χ2v) is 11.6. The van der Waals surface area contributed by atoms with Crippen LogP contribution in [0.4, 0.5) is 0 Å². The largest absolute Gasteiger partial charge is 0.299 e. The van der Waals surface area contributed by atoms with Crippen molar-refractivity contribution < 1.29 is 4.79 Å². The summed E-state index contributed by atoms with van der Waals surface area (Å²) < 4.78 is 0. The van der Waals surface area contributed by atoms with Crippen LogP contribution in [0.5, 0.6) is 0 Å². The summed E-state index contributed by atoms with van der Waals surface area (Å²) in [5, 5.41) is 0. The molecular formula is C28H42O. The summed E-state index contributed by atoms with van der Waals surface area (Å²) >= 11 is 0. The molecule has 1 heteroatoms. The fraction of sp³-hybridized carbons (Fsp3) is 0.750. The van der Waals surface area contributed by atoms with Crippen molar-refractivity contribution in [2.45, 2.75) is 92.9 Å². The summed E-state index contributed by atoms with van der Waals surface area (Å²) in [6, 6.07) is 0. The molecule has 2 saturated carbocycles. The van der Waals surface area contributed by atoms with Crippen LogP contribution in [-0.4, -0.2) is 5.78 Å². The van der Waals surface area contributed by atoms with Crippen molar-refractivity contribution in [1.29, 1.82) is 0 Å². The van der Waals surface area contributed by atoms with E-state index in [4.69, 9.17) is 0 Å². The Kier molecular flexibility index (Phi) is 5.50. The van der Waals surface area contributed by atoms with Crippen LogP contribution >= 0.6 is 0 Å². The van der Waals surface area contributed by atoms with Gasteiger partial charge in [-0.25, -0.2) is 0 Å². The van der Waals surface area contributed by atoms with Gasteiger partial charge >= 0.3 is 0 Å². The summed E-state index contributed by atoms with van der Waals surface area (Å²) in [4.78, 5) is 12.1. The van der Waals surface area contributed by atoms with E-state index in [1.165, 1.54) is 31.3 Å². The number of ketones is 1. The highest BCUT2D eigenvalue weighted by Crippen LogP contribution is 2.64. The number of allylic oxidation sites excluding steroid dienone is 6. The lowest BCUT2D eigenvalue weighted by Gasteiger charge is -2.51. The van der Waals surface area contributed by atoms with Crippen LogP contribution < -0.4 is 0 Å². The van der Waals surface area contributed by atoms with Crippen LogP contribution in [0, 0.1) is 40.4 Å². The van der Waals surface area contributed by atoms with Gasteiger partial charge < -0.3 is 0 Å². The summed E-state index contributed by atoms with van der Waals surface area (Å²) in [6.45, 7) is 14.5. The molecule has 0 aromatic heterocycles. The zero-order valence-corrected chi connectivity index (χ0v) is 19.7. The number of carbonyl (C=O) groups is 1. The predicted octanol–water partition coefficient (Wildman–Crippen LogP) is 7.68. The van der Waals surface area contributed by atoms with E-state index in [1.54, 1.807) is 11.1 Å². The monoisotopic (exact) mass is 394 g/mol. The van der Waals surface area contributed by atoms with E-state index in [1.807, 2.05) is 0 Å². The third-order valence-electron chi connectivity index (χ3n) is 9.77. The highest BCUT2D eigenvalue weighted by Gasteiger charge is 2.54. The highest BCUT2D eigenvalue weighted by atomic mass is 16.1. The molecule has 0 saturated heterocycles. The van der Waals surface area contributed by atoms with Crippen LogP contribution in [-0.2, 0) is 4.79 Å². The molecule has 160 valence electrons. The van der Waals surface area contributed by atoms with E-state index in [-0.39, 0.29) is 5.41 Å². The van der Waals surface area contributed by atoms with Crippen molar-refractivity contribution in [2.75, 3.05) is 0 Å². The Balaban J connectivity index is 1.58. The number of hydrogen-bond acceptors (Lipinski definition) is 1. The number of Topliss-reactive ketones (excluding diaryl/α,β-unsaturated/α-hetero) is 1. The topological polar surface area (TPSA) is 17.1 Å². The first-order chi connectivity index (χ1) is 13.7. The van der Waals surface area contributed by atoms with Gasteiger partial charge in [0.2, 0.25) is 0 Å². The molecule has 6 atom stereocenters. The van der Waals surface area contributed by atoms with Crippen molar-refractivity contribution in [2.24, 2.45) is 40.4 Å². The SMILES string of the molecule is CC(C)[C@@H](C)C=C[C@@H](C)[C@H]1CCC2C3=C(CC[C@@]21C)[C@@]1(C)CCC(=O)CC1=CC3. The van der Waals surface area contributed by atoms with Crippen LogP contribution in [0.3, 0.4) is 0 Å². The Morgan fingerprint density at radius 1 is 1.03 bits per heavy atom. The standard InChI is InChI=1S/C28H42O/c1-18(2)19(3)7-8-20(4)24-11-12-25-23-10-9-21-17-22(29)13-15-27(21,5)26(23)14-16-28(24,25)6/h7-9,18-20,24-25H,10-17H2,1-6H3/t19-,20+,24+,25?,27-,28+/m0/s1. The molecule has 0 spiro atoms. The smallest absolute Gasteiger partial charge is 0.137 e. The van der Waals surface area contributed by atoms with Crippen LogP contribution in [0.1, 0.15) is 92.9 Å². The van der Waals surface area contributed by atoms with Crippen molar-refractivity contribution in [1.82, 2.24) is 0 Å². The first-order valence-corrected chi connectivity index (χ1v) is 12.3. The molecule has 1 nitrogen and oxygen atoms in total. The van der Waals surface area contributed by atoms with Gasteiger partial charge in [-0.05, 0) is 73.5 Å². The summed E-state index contributed by atoms with van der Waals surface area (Å²) in [5.74, 6) is 4.09. The van der Waals surface area contributed by atoms with Gasteiger partial charge in [-0.3, -0.25) is 4.79 Å². The molecule has 4 rings (SSSR count). The van der Waals surface area contributed by atoms with Crippen molar-refractivity contribution >= 4 is 5.78 Å². The van der Waals surface area contributed by atoms with E-state index in [2.05, 4.69) is 59.8 Å². The molecule has 0 amide bonds. The Labute approximate surface area is 179 Å². The Morgan fingerprint density at radius 3 is 2.52 bits per heavy atom. The average molecular weight is 395 g/mol. The summed E-state index contributed by atoms with van der Waals surface area (Å²) in [7, 11) is 0. The molecule has 0 aromatic carbocycles. The molecule has 0 N–H and O–H groups in total. The van der Waals surface area contributed by atoms with E-state index >= 15 is 0 Å². The highest BCUT2D eigenvalue weighted by molar-refractivity contribution is 5.83. The van der Waals surface area contributed by atoms with Gasteiger partial charge in [0.25, 0.3) is 0 Å². The minimum atomic E-state index is 0.194. The molecule has 29 heavy (non-hydrogen) atoms. The Hall–Kier alpha value is -1.11. The van der Waals surface area contributed by atoms with Crippen molar-refractivity contribution in [3.8, 4) is 0 Å². The predicted molar refractivity (Wildman–Crippen MR) is 123 cm³/mol. The first-order valence-electron chi connectivity index (χ1n) is 12.3. The Morgan fingerprint density at radius 2 is 1.79 bits per heavy atom. The van der Waals surface area contributed by atoms with Crippen LogP contribution in [0.15, 0.2) is 34.9 Å². The molecule has 0 radical (unpaired) electrons. The lowest BCUT2D eigenvalue weighted by Crippen LogP contribution is -2.41. The average Bonchev–Trinajstić information content (AvgIpc) is 3.03. The molecule has 2 fully saturated rings. The quantitative estimate of drug-likeness (QED) is 0.447. The van der Waals surface area contributed by atoms with Crippen molar-refractivity contribution in [3.63, 3.8) is 0 Å². The number of hydrogen-bond donors (Lipinski definition) is 0. The van der Waals surface area contributed by atoms with Gasteiger partial charge in [0, 0.05) is 18.3 Å². The molecule has 0 aromatic rings. The minimum Gasteiger partial charge on any atom is -0.299 e. The third-order valence-corrected chi connectivity index (χ3v) is 9.77. The van der Waals surface area contributed by atoms with E-state index in [9.17, 15) is 4.79 Å². The molecule has 4 aliphatic rings. The van der Waals surface area contributed by atoms with E-state index < -0.39 is 0 Å². The van der Waals surface area contributed by atoms with Gasteiger partial charge in [0.05, 0.1) is 0 Å². The van der Waals surface area contributed by atoms with Crippen molar-refractivity contribution in [3.05, 3.63) is 34.9 Å². The maximum Gasteiger partial charge on any atom is 0.137 e. The molecule has 1 unspecified atom stereocenters. The van der Waals surface area contributed by atoms with E-state index in [0.717, 1.165) is 37.0 Å². The fourth-order valence-electron chi connectivity index (χ4n) is 7.35. The van der Waals surface area contributed by atoms with E-state index in [0.29, 0.717) is 29.5 Å². The molecule has 0 heterocycles. The second kappa shape index (κ2) is 7.54.